The monoisotopic (exact) mass is 403 g/mol. The first-order valence-corrected chi connectivity index (χ1v) is 8.32. The summed E-state index contributed by atoms with van der Waals surface area (Å²) in [6.45, 7) is 0.787. The van der Waals surface area contributed by atoms with Crippen LogP contribution in [0.25, 0.3) is 0 Å². The summed E-state index contributed by atoms with van der Waals surface area (Å²) in [6.07, 6.45) is 0. The van der Waals surface area contributed by atoms with E-state index in [2.05, 4.69) is 15.9 Å². The van der Waals surface area contributed by atoms with Gasteiger partial charge in [0.15, 0.2) is 18.1 Å². The Kier molecular flexibility index (Phi) is 5.41. The second kappa shape index (κ2) is 7.90. The number of hydrogen-bond donors (Lipinski definition) is 0. The predicted molar refractivity (Wildman–Crippen MR) is 91.6 cm³/mol. The lowest BCUT2D eigenvalue weighted by Gasteiger charge is -2.19. The Morgan fingerprint density at radius 1 is 1.20 bits per heavy atom. The largest absolute Gasteiger partial charge is 0.486 e. The summed E-state index contributed by atoms with van der Waals surface area (Å²) < 4.78 is 22.3. The highest BCUT2D eigenvalue weighted by atomic mass is 79.9. The highest BCUT2D eigenvalue weighted by molar-refractivity contribution is 9.10. The molecule has 2 aromatic rings. The molecule has 0 aliphatic carbocycles. The van der Waals surface area contributed by atoms with Gasteiger partial charge in [-0.05, 0) is 24.3 Å². The second-order valence-electron chi connectivity index (χ2n) is 5.14. The van der Waals surface area contributed by atoms with Gasteiger partial charge in [-0.15, -0.1) is 0 Å². The summed E-state index contributed by atoms with van der Waals surface area (Å²) in [5.41, 5.74) is 1.12. The average molecular weight is 404 g/mol. The number of hydrogen-bond acceptors (Lipinski definition) is 6. The van der Waals surface area contributed by atoms with Crippen molar-refractivity contribution < 1.29 is 23.7 Å². The molecule has 7 heteroatoms. The fraction of sp³-hybridized carbons (Fsp3) is 0.222. The van der Waals surface area contributed by atoms with Crippen molar-refractivity contribution in [1.29, 1.82) is 5.26 Å². The van der Waals surface area contributed by atoms with E-state index in [9.17, 15) is 4.79 Å². The van der Waals surface area contributed by atoms with E-state index in [1.165, 1.54) is 0 Å². The van der Waals surface area contributed by atoms with Gasteiger partial charge in [-0.25, -0.2) is 4.79 Å². The first-order valence-electron chi connectivity index (χ1n) is 7.53. The molecule has 1 heterocycles. The molecule has 0 radical (unpaired) electrons. The molecule has 25 heavy (non-hydrogen) atoms. The maximum atomic E-state index is 11.9. The van der Waals surface area contributed by atoms with Crippen molar-refractivity contribution in [2.24, 2.45) is 0 Å². The molecule has 0 spiro atoms. The van der Waals surface area contributed by atoms with Gasteiger partial charge in [0.05, 0.1) is 5.56 Å². The molecule has 3 rings (SSSR count). The van der Waals surface area contributed by atoms with Crippen molar-refractivity contribution in [2.45, 2.75) is 6.61 Å². The summed E-state index contributed by atoms with van der Waals surface area (Å²) >= 11 is 3.43. The number of esters is 1. The third kappa shape index (κ3) is 4.22. The van der Waals surface area contributed by atoms with E-state index in [0.717, 1.165) is 10.0 Å². The Morgan fingerprint density at radius 3 is 2.68 bits per heavy atom. The molecular weight excluding hydrogens is 390 g/mol. The summed E-state index contributed by atoms with van der Waals surface area (Å²) in [6, 6.07) is 12.3. The van der Waals surface area contributed by atoms with Gasteiger partial charge in [0.25, 0.3) is 0 Å². The van der Waals surface area contributed by atoms with E-state index < -0.39 is 5.97 Å². The molecule has 0 bridgehead atoms. The zero-order valence-corrected chi connectivity index (χ0v) is 14.7. The lowest BCUT2D eigenvalue weighted by molar-refractivity contribution is -0.147. The van der Waals surface area contributed by atoms with Gasteiger partial charge in [-0.3, -0.25) is 0 Å². The Balaban J connectivity index is 1.57. The number of carbonyl (C=O) groups is 1. The quantitative estimate of drug-likeness (QED) is 0.713. The van der Waals surface area contributed by atoms with E-state index in [1.807, 2.05) is 6.07 Å². The predicted octanol–water partition coefficient (Wildman–Crippen LogP) is 3.21. The van der Waals surface area contributed by atoms with Gasteiger partial charge in [-0.1, -0.05) is 28.1 Å². The summed E-state index contributed by atoms with van der Waals surface area (Å²) in [4.78, 5) is 11.9. The summed E-state index contributed by atoms with van der Waals surface area (Å²) in [7, 11) is 0. The van der Waals surface area contributed by atoms with E-state index in [0.29, 0.717) is 36.0 Å². The Labute approximate surface area is 153 Å². The van der Waals surface area contributed by atoms with Crippen LogP contribution in [-0.2, 0) is 16.1 Å². The van der Waals surface area contributed by atoms with Gasteiger partial charge < -0.3 is 18.9 Å². The van der Waals surface area contributed by atoms with Gasteiger partial charge >= 0.3 is 5.97 Å². The van der Waals surface area contributed by atoms with E-state index >= 15 is 0 Å². The van der Waals surface area contributed by atoms with Crippen LogP contribution in [0.3, 0.4) is 0 Å². The number of nitrogens with zero attached hydrogens (tertiary/aromatic N) is 1. The molecule has 128 valence electrons. The van der Waals surface area contributed by atoms with Crippen LogP contribution in [0.1, 0.15) is 11.1 Å². The molecule has 0 atom stereocenters. The van der Waals surface area contributed by atoms with Crippen LogP contribution in [0.2, 0.25) is 0 Å². The summed E-state index contributed by atoms with van der Waals surface area (Å²) in [5.74, 6) is 1.10. The maximum absolute atomic E-state index is 11.9. The number of halogens is 1. The molecular formula is C18H14BrNO5. The first kappa shape index (κ1) is 17.1. The molecule has 0 unspecified atom stereocenters. The number of fused-ring (bicyclic) bond motifs is 1. The topological polar surface area (TPSA) is 77.8 Å². The zero-order valence-electron chi connectivity index (χ0n) is 13.2. The van der Waals surface area contributed by atoms with Gasteiger partial charge in [-0.2, -0.15) is 5.26 Å². The lowest BCUT2D eigenvalue weighted by Crippen LogP contribution is -2.17. The van der Waals surface area contributed by atoms with Crippen molar-refractivity contribution in [2.75, 3.05) is 19.8 Å². The van der Waals surface area contributed by atoms with Crippen LogP contribution in [0.4, 0.5) is 0 Å². The third-order valence-electron chi connectivity index (χ3n) is 3.45. The highest BCUT2D eigenvalue weighted by Gasteiger charge is 2.16. The van der Waals surface area contributed by atoms with E-state index in [-0.39, 0.29) is 13.2 Å². The van der Waals surface area contributed by atoms with Crippen LogP contribution >= 0.6 is 15.9 Å². The Bertz CT molecular complexity index is 831. The zero-order chi connectivity index (χ0) is 17.6. The smallest absolute Gasteiger partial charge is 0.344 e. The van der Waals surface area contributed by atoms with Crippen LogP contribution in [0, 0.1) is 11.3 Å². The Morgan fingerprint density at radius 2 is 1.92 bits per heavy atom. The minimum Gasteiger partial charge on any atom is -0.486 e. The molecule has 1 aliphatic rings. The average Bonchev–Trinajstić information content (AvgIpc) is 2.64. The fourth-order valence-electron chi connectivity index (χ4n) is 2.24. The number of rotatable bonds is 5. The minimum atomic E-state index is -0.533. The van der Waals surface area contributed by atoms with Crippen molar-refractivity contribution in [3.05, 3.63) is 52.0 Å². The normalized spacial score (nSPS) is 12.2. The molecule has 2 aromatic carbocycles. The fourth-order valence-corrected chi connectivity index (χ4v) is 2.67. The third-order valence-corrected chi connectivity index (χ3v) is 4.19. The van der Waals surface area contributed by atoms with Gasteiger partial charge in [0, 0.05) is 10.0 Å². The van der Waals surface area contributed by atoms with Crippen LogP contribution in [0.5, 0.6) is 17.2 Å². The lowest BCUT2D eigenvalue weighted by atomic mass is 10.2. The standard InChI is InChI=1S/C18H14BrNO5/c19-14-8-17-16(22-5-6-23-17)7-13(14)10-25-18(21)11-24-15-4-2-1-3-12(15)9-20/h1-4,7-8H,5-6,10-11H2. The molecule has 0 fully saturated rings. The van der Waals surface area contributed by atoms with Crippen molar-refractivity contribution in [3.63, 3.8) is 0 Å². The molecule has 1 aliphatic heterocycles. The van der Waals surface area contributed by atoms with Crippen molar-refractivity contribution in [3.8, 4) is 23.3 Å². The van der Waals surface area contributed by atoms with Crippen LogP contribution < -0.4 is 14.2 Å². The van der Waals surface area contributed by atoms with Crippen LogP contribution in [-0.4, -0.2) is 25.8 Å². The maximum Gasteiger partial charge on any atom is 0.344 e. The Hall–Kier alpha value is -2.72. The summed E-state index contributed by atoms with van der Waals surface area (Å²) in [5, 5.41) is 8.99. The number of para-hydroxylation sites is 1. The SMILES string of the molecule is N#Cc1ccccc1OCC(=O)OCc1cc2c(cc1Br)OCCO2. The second-order valence-corrected chi connectivity index (χ2v) is 6.00. The molecule has 0 saturated heterocycles. The number of nitriles is 1. The minimum absolute atomic E-state index is 0.0688. The molecule has 0 N–H and O–H groups in total. The number of carbonyl (C=O) groups excluding carboxylic acids is 1. The van der Waals surface area contributed by atoms with Crippen LogP contribution in [0.15, 0.2) is 40.9 Å². The number of benzene rings is 2. The van der Waals surface area contributed by atoms with E-state index in [4.69, 9.17) is 24.2 Å². The molecule has 0 aromatic heterocycles. The number of ether oxygens (including phenoxy) is 4. The van der Waals surface area contributed by atoms with Gasteiger partial charge in [0.2, 0.25) is 0 Å². The van der Waals surface area contributed by atoms with Crippen molar-refractivity contribution >= 4 is 21.9 Å². The van der Waals surface area contributed by atoms with Crippen molar-refractivity contribution in [1.82, 2.24) is 0 Å². The van der Waals surface area contributed by atoms with Gasteiger partial charge in [0.1, 0.15) is 31.6 Å². The molecule has 0 saturated carbocycles. The highest BCUT2D eigenvalue weighted by Crippen LogP contribution is 2.35. The first-order chi connectivity index (χ1) is 12.2. The molecule has 0 amide bonds. The molecule has 6 nitrogen and oxygen atoms in total. The van der Waals surface area contributed by atoms with E-state index in [1.54, 1.807) is 36.4 Å².